The summed E-state index contributed by atoms with van der Waals surface area (Å²) in [7, 11) is 0. The summed E-state index contributed by atoms with van der Waals surface area (Å²) < 4.78 is 0. The Balaban J connectivity index is 1.84. The zero-order valence-corrected chi connectivity index (χ0v) is 11.9. The van der Waals surface area contributed by atoms with E-state index in [4.69, 9.17) is 10.7 Å². The first-order valence-corrected chi connectivity index (χ1v) is 7.51. The standard InChI is InChI=1S/C17H16N2S/c18-11-15-9-5-4-8-14(15)10-17-19-16(12-20-17)13-6-2-1-3-7-13/h1-9,12H,10-11,18H2. The Labute approximate surface area is 122 Å². The van der Waals surface area contributed by atoms with Gasteiger partial charge in [0.25, 0.3) is 0 Å². The quantitative estimate of drug-likeness (QED) is 0.788. The normalized spacial score (nSPS) is 10.7. The average molecular weight is 280 g/mol. The summed E-state index contributed by atoms with van der Waals surface area (Å²) >= 11 is 1.71. The van der Waals surface area contributed by atoms with Crippen LogP contribution in [-0.4, -0.2) is 4.98 Å². The monoisotopic (exact) mass is 280 g/mol. The summed E-state index contributed by atoms with van der Waals surface area (Å²) in [5.41, 5.74) is 10.5. The van der Waals surface area contributed by atoms with Gasteiger partial charge in [0.15, 0.2) is 0 Å². The van der Waals surface area contributed by atoms with Gasteiger partial charge in [0.2, 0.25) is 0 Å². The van der Waals surface area contributed by atoms with Crippen molar-refractivity contribution in [1.82, 2.24) is 4.98 Å². The van der Waals surface area contributed by atoms with E-state index in [1.165, 1.54) is 16.7 Å². The Kier molecular flexibility index (Phi) is 3.90. The van der Waals surface area contributed by atoms with Crippen molar-refractivity contribution in [3.63, 3.8) is 0 Å². The highest BCUT2D eigenvalue weighted by Gasteiger charge is 2.07. The molecular weight excluding hydrogens is 264 g/mol. The van der Waals surface area contributed by atoms with Crippen LogP contribution < -0.4 is 5.73 Å². The Morgan fingerprint density at radius 3 is 2.35 bits per heavy atom. The lowest BCUT2D eigenvalue weighted by Crippen LogP contribution is -2.01. The molecule has 3 aromatic rings. The van der Waals surface area contributed by atoms with E-state index in [-0.39, 0.29) is 0 Å². The smallest absolute Gasteiger partial charge is 0.0976 e. The zero-order valence-electron chi connectivity index (χ0n) is 11.1. The molecule has 2 aromatic carbocycles. The number of benzene rings is 2. The molecule has 20 heavy (non-hydrogen) atoms. The fourth-order valence-electron chi connectivity index (χ4n) is 2.23. The fourth-order valence-corrected chi connectivity index (χ4v) is 3.05. The summed E-state index contributed by atoms with van der Waals surface area (Å²) in [6.45, 7) is 0.576. The lowest BCUT2D eigenvalue weighted by Gasteiger charge is -2.05. The molecule has 0 aliphatic heterocycles. The van der Waals surface area contributed by atoms with Gasteiger partial charge in [-0.25, -0.2) is 4.98 Å². The lowest BCUT2D eigenvalue weighted by atomic mass is 10.1. The molecule has 2 nitrogen and oxygen atoms in total. The molecule has 0 bridgehead atoms. The fraction of sp³-hybridized carbons (Fsp3) is 0.118. The third-order valence-corrected chi connectivity index (χ3v) is 4.15. The number of aromatic nitrogens is 1. The maximum atomic E-state index is 5.78. The van der Waals surface area contributed by atoms with Gasteiger partial charge in [0.05, 0.1) is 10.7 Å². The van der Waals surface area contributed by atoms with Gasteiger partial charge in [-0.05, 0) is 11.1 Å². The van der Waals surface area contributed by atoms with Crippen molar-refractivity contribution in [2.75, 3.05) is 0 Å². The molecule has 0 aliphatic carbocycles. The number of hydrogen-bond acceptors (Lipinski definition) is 3. The van der Waals surface area contributed by atoms with Gasteiger partial charge in [-0.3, -0.25) is 0 Å². The third-order valence-electron chi connectivity index (χ3n) is 3.30. The molecule has 0 unspecified atom stereocenters. The van der Waals surface area contributed by atoms with Crippen molar-refractivity contribution in [3.05, 3.63) is 76.1 Å². The molecule has 0 aliphatic rings. The van der Waals surface area contributed by atoms with E-state index in [2.05, 4.69) is 35.7 Å². The maximum Gasteiger partial charge on any atom is 0.0976 e. The highest BCUT2D eigenvalue weighted by molar-refractivity contribution is 7.10. The Bertz CT molecular complexity index is 689. The second-order valence-corrected chi connectivity index (χ2v) is 5.58. The van der Waals surface area contributed by atoms with Crippen molar-refractivity contribution in [2.24, 2.45) is 5.73 Å². The van der Waals surface area contributed by atoms with E-state index < -0.39 is 0 Å². The Morgan fingerprint density at radius 2 is 1.60 bits per heavy atom. The van der Waals surface area contributed by atoms with Crippen LogP contribution in [0.2, 0.25) is 0 Å². The van der Waals surface area contributed by atoms with Crippen LogP contribution in [0.5, 0.6) is 0 Å². The van der Waals surface area contributed by atoms with E-state index in [9.17, 15) is 0 Å². The predicted molar refractivity (Wildman–Crippen MR) is 84.7 cm³/mol. The minimum absolute atomic E-state index is 0.576. The molecule has 0 atom stereocenters. The van der Waals surface area contributed by atoms with Crippen LogP contribution in [0, 0.1) is 0 Å². The SMILES string of the molecule is NCc1ccccc1Cc1nc(-c2ccccc2)cs1. The van der Waals surface area contributed by atoms with Crippen LogP contribution >= 0.6 is 11.3 Å². The second-order valence-electron chi connectivity index (χ2n) is 4.64. The molecule has 0 fully saturated rings. The average Bonchev–Trinajstić information content (AvgIpc) is 2.97. The number of thiazole rings is 1. The van der Waals surface area contributed by atoms with Gasteiger partial charge in [-0.1, -0.05) is 54.6 Å². The van der Waals surface area contributed by atoms with Crippen molar-refractivity contribution < 1.29 is 0 Å². The predicted octanol–water partition coefficient (Wildman–Crippen LogP) is 3.86. The highest BCUT2D eigenvalue weighted by Crippen LogP contribution is 2.24. The van der Waals surface area contributed by atoms with Gasteiger partial charge in [-0.2, -0.15) is 0 Å². The van der Waals surface area contributed by atoms with Crippen LogP contribution in [0.1, 0.15) is 16.1 Å². The largest absolute Gasteiger partial charge is 0.326 e. The third kappa shape index (κ3) is 2.79. The van der Waals surface area contributed by atoms with Gasteiger partial charge in [0, 0.05) is 23.9 Å². The molecule has 3 heteroatoms. The minimum Gasteiger partial charge on any atom is -0.326 e. The molecular formula is C17H16N2S. The second kappa shape index (κ2) is 5.99. The van der Waals surface area contributed by atoms with E-state index >= 15 is 0 Å². The van der Waals surface area contributed by atoms with Gasteiger partial charge < -0.3 is 5.73 Å². The summed E-state index contributed by atoms with van der Waals surface area (Å²) in [5.74, 6) is 0. The summed E-state index contributed by atoms with van der Waals surface area (Å²) in [6, 6.07) is 18.6. The Hall–Kier alpha value is -1.97. The molecule has 0 saturated heterocycles. The van der Waals surface area contributed by atoms with Crippen molar-refractivity contribution >= 4 is 11.3 Å². The summed E-state index contributed by atoms with van der Waals surface area (Å²) in [5, 5.41) is 3.25. The van der Waals surface area contributed by atoms with Crippen molar-refractivity contribution in [3.8, 4) is 11.3 Å². The zero-order chi connectivity index (χ0) is 13.8. The van der Waals surface area contributed by atoms with E-state index in [1.807, 2.05) is 24.3 Å². The summed E-state index contributed by atoms with van der Waals surface area (Å²) in [4.78, 5) is 4.73. The first kappa shape index (κ1) is 13.0. The number of hydrogen-bond donors (Lipinski definition) is 1. The van der Waals surface area contributed by atoms with Crippen LogP contribution in [0.4, 0.5) is 0 Å². The molecule has 1 heterocycles. The molecule has 2 N–H and O–H groups in total. The number of nitrogens with zero attached hydrogens (tertiary/aromatic N) is 1. The molecule has 3 rings (SSSR count). The van der Waals surface area contributed by atoms with Crippen molar-refractivity contribution in [1.29, 1.82) is 0 Å². The Morgan fingerprint density at radius 1 is 0.900 bits per heavy atom. The van der Waals surface area contributed by atoms with Gasteiger partial charge >= 0.3 is 0 Å². The van der Waals surface area contributed by atoms with E-state index in [1.54, 1.807) is 11.3 Å². The highest BCUT2D eigenvalue weighted by atomic mass is 32.1. The van der Waals surface area contributed by atoms with Gasteiger partial charge in [0.1, 0.15) is 0 Å². The molecule has 0 amide bonds. The van der Waals surface area contributed by atoms with Crippen LogP contribution in [-0.2, 0) is 13.0 Å². The van der Waals surface area contributed by atoms with E-state index in [0.29, 0.717) is 6.54 Å². The van der Waals surface area contributed by atoms with Crippen molar-refractivity contribution in [2.45, 2.75) is 13.0 Å². The lowest BCUT2D eigenvalue weighted by molar-refractivity contribution is 1.01. The van der Waals surface area contributed by atoms with Crippen LogP contribution in [0.25, 0.3) is 11.3 Å². The van der Waals surface area contributed by atoms with Gasteiger partial charge in [-0.15, -0.1) is 11.3 Å². The van der Waals surface area contributed by atoms with E-state index in [0.717, 1.165) is 17.1 Å². The molecule has 0 saturated carbocycles. The molecule has 0 radical (unpaired) electrons. The summed E-state index contributed by atoms with van der Waals surface area (Å²) in [6.07, 6.45) is 0.852. The first-order chi connectivity index (χ1) is 9.86. The molecule has 100 valence electrons. The van der Waals surface area contributed by atoms with Crippen LogP contribution in [0.3, 0.4) is 0 Å². The molecule has 1 aromatic heterocycles. The minimum atomic E-state index is 0.576. The van der Waals surface area contributed by atoms with Crippen LogP contribution in [0.15, 0.2) is 60.0 Å². The maximum absolute atomic E-state index is 5.78. The number of rotatable bonds is 4. The topological polar surface area (TPSA) is 38.9 Å². The first-order valence-electron chi connectivity index (χ1n) is 6.63. The number of nitrogens with two attached hydrogens (primary N) is 1. The molecule has 0 spiro atoms.